The van der Waals surface area contributed by atoms with E-state index in [0.29, 0.717) is 11.4 Å². The molecule has 0 aromatic heterocycles. The van der Waals surface area contributed by atoms with Crippen molar-refractivity contribution in [2.24, 2.45) is 5.73 Å². The molecule has 0 spiro atoms. The first kappa shape index (κ1) is 14.6. The van der Waals surface area contributed by atoms with E-state index in [1.54, 1.807) is 0 Å². The molecule has 0 saturated carbocycles. The smallest absolute Gasteiger partial charge is 0.140 e. The molecule has 2 nitrogen and oxygen atoms in total. The van der Waals surface area contributed by atoms with Gasteiger partial charge < -0.3 is 10.5 Å². The van der Waals surface area contributed by atoms with Crippen LogP contribution in [-0.2, 0) is 6.42 Å². The first-order chi connectivity index (χ1) is 9.08. The monoisotopic (exact) mass is 387 g/mol. The second kappa shape index (κ2) is 6.59. The number of hydrogen-bond acceptors (Lipinski definition) is 2. The standard InChI is InChI=1S/C15H15ClINO/c1-10(18)9-11-12(16)5-4-8-14(11)19-15-7-3-2-6-13(15)17/h2-8,10H,9,18H2,1H3. The van der Waals surface area contributed by atoms with Crippen LogP contribution < -0.4 is 10.5 Å². The van der Waals surface area contributed by atoms with E-state index >= 15 is 0 Å². The van der Waals surface area contributed by atoms with Gasteiger partial charge in [-0.05, 0) is 60.2 Å². The van der Waals surface area contributed by atoms with Crippen LogP contribution in [0.3, 0.4) is 0 Å². The molecule has 0 fully saturated rings. The van der Waals surface area contributed by atoms with Crippen molar-refractivity contribution in [3.8, 4) is 11.5 Å². The number of nitrogens with two attached hydrogens (primary N) is 1. The van der Waals surface area contributed by atoms with E-state index in [1.807, 2.05) is 49.4 Å². The summed E-state index contributed by atoms with van der Waals surface area (Å²) in [5.74, 6) is 1.60. The normalized spacial score (nSPS) is 12.2. The summed E-state index contributed by atoms with van der Waals surface area (Å²) in [6.45, 7) is 1.96. The minimum Gasteiger partial charge on any atom is -0.456 e. The first-order valence-corrected chi connectivity index (χ1v) is 7.49. The van der Waals surface area contributed by atoms with Gasteiger partial charge in [-0.2, -0.15) is 0 Å². The summed E-state index contributed by atoms with van der Waals surface area (Å²) >= 11 is 8.49. The molecule has 0 bridgehead atoms. The van der Waals surface area contributed by atoms with Crippen molar-refractivity contribution in [2.75, 3.05) is 0 Å². The molecule has 2 rings (SSSR count). The van der Waals surface area contributed by atoms with E-state index in [0.717, 1.165) is 20.6 Å². The van der Waals surface area contributed by atoms with Crippen LogP contribution in [0.5, 0.6) is 11.5 Å². The van der Waals surface area contributed by atoms with E-state index in [4.69, 9.17) is 22.1 Å². The second-order valence-corrected chi connectivity index (χ2v) is 6.00. The van der Waals surface area contributed by atoms with Gasteiger partial charge in [-0.1, -0.05) is 29.8 Å². The van der Waals surface area contributed by atoms with Gasteiger partial charge in [0.1, 0.15) is 11.5 Å². The van der Waals surface area contributed by atoms with Gasteiger partial charge in [0.15, 0.2) is 0 Å². The molecule has 100 valence electrons. The number of rotatable bonds is 4. The fraction of sp³-hybridized carbons (Fsp3) is 0.200. The van der Waals surface area contributed by atoms with Crippen LogP contribution in [0.1, 0.15) is 12.5 Å². The predicted octanol–water partition coefficient (Wildman–Crippen LogP) is 4.63. The molecule has 0 aliphatic heterocycles. The van der Waals surface area contributed by atoms with Crippen LogP contribution in [0.25, 0.3) is 0 Å². The van der Waals surface area contributed by atoms with Crippen molar-refractivity contribution in [1.29, 1.82) is 0 Å². The third kappa shape index (κ3) is 3.84. The maximum Gasteiger partial charge on any atom is 0.140 e. The number of ether oxygens (including phenoxy) is 1. The molecule has 0 aliphatic rings. The Bertz CT molecular complexity index is 572. The second-order valence-electron chi connectivity index (χ2n) is 4.43. The fourth-order valence-electron chi connectivity index (χ4n) is 1.80. The number of benzene rings is 2. The SMILES string of the molecule is CC(N)Cc1c(Cl)cccc1Oc1ccccc1I. The summed E-state index contributed by atoms with van der Waals surface area (Å²) in [5, 5.41) is 0.695. The lowest BCUT2D eigenvalue weighted by Gasteiger charge is -2.15. The van der Waals surface area contributed by atoms with Crippen LogP contribution in [0.15, 0.2) is 42.5 Å². The average molecular weight is 388 g/mol. The van der Waals surface area contributed by atoms with Crippen LogP contribution in [0.2, 0.25) is 5.02 Å². The molecule has 0 heterocycles. The van der Waals surface area contributed by atoms with E-state index in [9.17, 15) is 0 Å². The van der Waals surface area contributed by atoms with Gasteiger partial charge in [0.05, 0.1) is 3.57 Å². The molecule has 4 heteroatoms. The minimum absolute atomic E-state index is 0.0390. The van der Waals surface area contributed by atoms with Gasteiger partial charge in [0, 0.05) is 16.6 Å². The lowest BCUT2D eigenvalue weighted by molar-refractivity contribution is 0.470. The van der Waals surface area contributed by atoms with Gasteiger partial charge in [-0.25, -0.2) is 0 Å². The summed E-state index contributed by atoms with van der Waals surface area (Å²) in [5.41, 5.74) is 6.83. The summed E-state index contributed by atoms with van der Waals surface area (Å²) in [6, 6.07) is 13.6. The van der Waals surface area contributed by atoms with E-state index in [1.165, 1.54) is 0 Å². The highest BCUT2D eigenvalue weighted by Crippen LogP contribution is 2.33. The van der Waals surface area contributed by atoms with Crippen molar-refractivity contribution in [1.82, 2.24) is 0 Å². The number of para-hydroxylation sites is 1. The quantitative estimate of drug-likeness (QED) is 0.777. The number of halogens is 2. The molecule has 1 atom stereocenters. The first-order valence-electron chi connectivity index (χ1n) is 6.03. The molecule has 2 aromatic carbocycles. The highest BCUT2D eigenvalue weighted by Gasteiger charge is 2.12. The summed E-state index contributed by atoms with van der Waals surface area (Å²) in [4.78, 5) is 0. The summed E-state index contributed by atoms with van der Waals surface area (Å²) < 4.78 is 7.04. The van der Waals surface area contributed by atoms with Crippen LogP contribution in [0.4, 0.5) is 0 Å². The molecule has 2 aromatic rings. The third-order valence-electron chi connectivity index (χ3n) is 2.66. The third-order valence-corrected chi connectivity index (χ3v) is 3.90. The average Bonchev–Trinajstić information content (AvgIpc) is 2.36. The minimum atomic E-state index is 0.0390. The van der Waals surface area contributed by atoms with Gasteiger partial charge in [0.2, 0.25) is 0 Å². The molecule has 1 unspecified atom stereocenters. The highest BCUT2D eigenvalue weighted by atomic mass is 127. The lowest BCUT2D eigenvalue weighted by Crippen LogP contribution is -2.18. The van der Waals surface area contributed by atoms with E-state index in [2.05, 4.69) is 22.6 Å². The summed E-state index contributed by atoms with van der Waals surface area (Å²) in [6.07, 6.45) is 0.693. The molecule has 2 N–H and O–H groups in total. The zero-order valence-electron chi connectivity index (χ0n) is 10.6. The largest absolute Gasteiger partial charge is 0.456 e. The Morgan fingerprint density at radius 3 is 2.53 bits per heavy atom. The Balaban J connectivity index is 2.35. The van der Waals surface area contributed by atoms with Crippen molar-refractivity contribution in [3.05, 3.63) is 56.6 Å². The zero-order valence-corrected chi connectivity index (χ0v) is 13.5. The molecule has 0 saturated heterocycles. The number of hydrogen-bond donors (Lipinski definition) is 1. The van der Waals surface area contributed by atoms with Crippen LogP contribution in [0, 0.1) is 3.57 Å². The molecule has 0 aliphatic carbocycles. The predicted molar refractivity (Wildman–Crippen MR) is 88.0 cm³/mol. The van der Waals surface area contributed by atoms with E-state index < -0.39 is 0 Å². The highest BCUT2D eigenvalue weighted by molar-refractivity contribution is 14.1. The fourth-order valence-corrected chi connectivity index (χ4v) is 2.54. The Morgan fingerprint density at radius 2 is 1.84 bits per heavy atom. The van der Waals surface area contributed by atoms with Crippen molar-refractivity contribution in [2.45, 2.75) is 19.4 Å². The molecular weight excluding hydrogens is 373 g/mol. The molecule has 19 heavy (non-hydrogen) atoms. The van der Waals surface area contributed by atoms with Gasteiger partial charge >= 0.3 is 0 Å². The van der Waals surface area contributed by atoms with Gasteiger partial charge in [0.25, 0.3) is 0 Å². The zero-order chi connectivity index (χ0) is 13.8. The lowest BCUT2D eigenvalue weighted by atomic mass is 10.1. The maximum atomic E-state index is 6.24. The Kier molecular flexibility index (Phi) is 5.07. The Hall–Kier alpha value is -0.780. The van der Waals surface area contributed by atoms with Gasteiger partial charge in [-0.15, -0.1) is 0 Å². The Morgan fingerprint density at radius 1 is 1.16 bits per heavy atom. The van der Waals surface area contributed by atoms with Gasteiger partial charge in [-0.3, -0.25) is 0 Å². The Labute approximate surface area is 132 Å². The van der Waals surface area contributed by atoms with Crippen LogP contribution in [-0.4, -0.2) is 6.04 Å². The van der Waals surface area contributed by atoms with E-state index in [-0.39, 0.29) is 6.04 Å². The molecule has 0 amide bonds. The van der Waals surface area contributed by atoms with Crippen molar-refractivity contribution < 1.29 is 4.74 Å². The molecule has 0 radical (unpaired) electrons. The van der Waals surface area contributed by atoms with Crippen molar-refractivity contribution in [3.63, 3.8) is 0 Å². The molecular formula is C15H15ClINO. The van der Waals surface area contributed by atoms with Crippen molar-refractivity contribution >= 4 is 34.2 Å². The van der Waals surface area contributed by atoms with Crippen LogP contribution >= 0.6 is 34.2 Å². The summed E-state index contributed by atoms with van der Waals surface area (Å²) in [7, 11) is 0. The maximum absolute atomic E-state index is 6.24. The topological polar surface area (TPSA) is 35.2 Å².